The number of benzene rings is 2. The number of hydrogen-bond donors (Lipinski definition) is 1. The van der Waals surface area contributed by atoms with E-state index in [4.69, 9.17) is 9.47 Å². The third-order valence-corrected chi connectivity index (χ3v) is 3.92. The molecule has 28 heavy (non-hydrogen) atoms. The number of rotatable bonds is 7. The van der Waals surface area contributed by atoms with Gasteiger partial charge in [0.1, 0.15) is 17.4 Å². The minimum Gasteiger partial charge on any atom is -0.494 e. The van der Waals surface area contributed by atoms with Crippen LogP contribution in [-0.2, 0) is 14.3 Å². The van der Waals surface area contributed by atoms with Crippen molar-refractivity contribution >= 4 is 23.6 Å². The van der Waals surface area contributed by atoms with Gasteiger partial charge in [0.25, 0.3) is 5.91 Å². The van der Waals surface area contributed by atoms with Gasteiger partial charge in [0, 0.05) is 5.69 Å². The van der Waals surface area contributed by atoms with E-state index in [-0.39, 0.29) is 5.57 Å². The van der Waals surface area contributed by atoms with Gasteiger partial charge in [0.2, 0.25) is 0 Å². The molecule has 6 heteroatoms. The number of anilines is 1. The van der Waals surface area contributed by atoms with Crippen LogP contribution >= 0.6 is 0 Å². The first-order valence-corrected chi connectivity index (χ1v) is 8.82. The standard InChI is InChI=1S/C22H22N2O4/c1-4-27-19-10-8-17(9-11-19)12-18(13-23)22(26)28-14-20(25)24-21-15(2)6-5-7-16(21)3/h5-12H,4,14H2,1-3H3,(H,24,25)/b18-12+. The first-order chi connectivity index (χ1) is 13.4. The molecule has 2 rings (SSSR count). The topological polar surface area (TPSA) is 88.4 Å². The molecule has 0 fully saturated rings. The molecule has 2 aromatic rings. The number of aryl methyl sites for hydroxylation is 2. The monoisotopic (exact) mass is 378 g/mol. The van der Waals surface area contributed by atoms with Gasteiger partial charge in [-0.1, -0.05) is 30.3 Å². The summed E-state index contributed by atoms with van der Waals surface area (Å²) >= 11 is 0. The van der Waals surface area contributed by atoms with E-state index in [1.165, 1.54) is 6.08 Å². The second-order valence-electron chi connectivity index (χ2n) is 6.06. The molecule has 144 valence electrons. The molecule has 0 saturated carbocycles. The molecular formula is C22H22N2O4. The van der Waals surface area contributed by atoms with Gasteiger partial charge in [0.05, 0.1) is 6.61 Å². The Morgan fingerprint density at radius 1 is 1.11 bits per heavy atom. The molecule has 0 aliphatic carbocycles. The minimum atomic E-state index is -0.854. The summed E-state index contributed by atoms with van der Waals surface area (Å²) in [6, 6.07) is 14.4. The first kappa shape index (κ1) is 20.7. The lowest BCUT2D eigenvalue weighted by atomic mass is 10.1. The lowest BCUT2D eigenvalue weighted by Crippen LogP contribution is -2.22. The lowest BCUT2D eigenvalue weighted by molar-refractivity contribution is -0.142. The van der Waals surface area contributed by atoms with Crippen molar-refractivity contribution in [2.75, 3.05) is 18.5 Å². The van der Waals surface area contributed by atoms with Crippen LogP contribution in [0.15, 0.2) is 48.0 Å². The number of ether oxygens (including phenoxy) is 2. The molecule has 0 bridgehead atoms. The van der Waals surface area contributed by atoms with Crippen LogP contribution < -0.4 is 10.1 Å². The Balaban J connectivity index is 1.98. The second-order valence-corrected chi connectivity index (χ2v) is 6.06. The van der Waals surface area contributed by atoms with E-state index < -0.39 is 18.5 Å². The molecule has 0 saturated heterocycles. The highest BCUT2D eigenvalue weighted by atomic mass is 16.5. The fraction of sp³-hybridized carbons (Fsp3) is 0.227. The van der Waals surface area contributed by atoms with Crippen LogP contribution in [0.25, 0.3) is 6.08 Å². The summed E-state index contributed by atoms with van der Waals surface area (Å²) in [4.78, 5) is 24.2. The summed E-state index contributed by atoms with van der Waals surface area (Å²) in [6.07, 6.45) is 1.40. The van der Waals surface area contributed by atoms with Crippen molar-refractivity contribution in [3.63, 3.8) is 0 Å². The van der Waals surface area contributed by atoms with E-state index >= 15 is 0 Å². The normalized spacial score (nSPS) is 10.7. The van der Waals surface area contributed by atoms with Gasteiger partial charge in [-0.05, 0) is 55.7 Å². The quantitative estimate of drug-likeness (QED) is 0.450. The van der Waals surface area contributed by atoms with E-state index in [2.05, 4.69) is 5.32 Å². The molecule has 0 spiro atoms. The number of carbonyl (C=O) groups excluding carboxylic acids is 2. The highest BCUT2D eigenvalue weighted by Crippen LogP contribution is 2.19. The maximum atomic E-state index is 12.1. The summed E-state index contributed by atoms with van der Waals surface area (Å²) < 4.78 is 10.3. The zero-order valence-electron chi connectivity index (χ0n) is 16.1. The third-order valence-electron chi connectivity index (χ3n) is 3.92. The van der Waals surface area contributed by atoms with Gasteiger partial charge in [-0.3, -0.25) is 4.79 Å². The molecule has 0 aliphatic heterocycles. The van der Waals surface area contributed by atoms with Crippen molar-refractivity contribution in [3.8, 4) is 11.8 Å². The highest BCUT2D eigenvalue weighted by Gasteiger charge is 2.14. The molecule has 6 nitrogen and oxygen atoms in total. The van der Waals surface area contributed by atoms with Crippen LogP contribution in [0.2, 0.25) is 0 Å². The first-order valence-electron chi connectivity index (χ1n) is 8.82. The van der Waals surface area contributed by atoms with E-state index in [9.17, 15) is 14.9 Å². The summed E-state index contributed by atoms with van der Waals surface area (Å²) in [5.41, 5.74) is 2.97. The number of amides is 1. The summed E-state index contributed by atoms with van der Waals surface area (Å²) in [7, 11) is 0. The Labute approximate surface area is 164 Å². The van der Waals surface area contributed by atoms with Crippen LogP contribution in [0, 0.1) is 25.2 Å². The van der Waals surface area contributed by atoms with Crippen molar-refractivity contribution in [1.82, 2.24) is 0 Å². The van der Waals surface area contributed by atoms with E-state index in [1.807, 2.05) is 39.0 Å². The van der Waals surface area contributed by atoms with Gasteiger partial charge in [-0.2, -0.15) is 5.26 Å². The maximum Gasteiger partial charge on any atom is 0.349 e. The second kappa shape index (κ2) is 9.93. The molecule has 1 N–H and O–H groups in total. The molecule has 0 radical (unpaired) electrons. The van der Waals surface area contributed by atoms with Crippen molar-refractivity contribution < 1.29 is 19.1 Å². The third kappa shape index (κ3) is 5.71. The van der Waals surface area contributed by atoms with Crippen LogP contribution in [0.4, 0.5) is 5.69 Å². The molecule has 1 amide bonds. The molecule has 0 atom stereocenters. The summed E-state index contributed by atoms with van der Waals surface area (Å²) in [6.45, 7) is 5.71. The summed E-state index contributed by atoms with van der Waals surface area (Å²) in [5, 5.41) is 12.0. The van der Waals surface area contributed by atoms with Crippen molar-refractivity contribution in [1.29, 1.82) is 5.26 Å². The van der Waals surface area contributed by atoms with Crippen LogP contribution in [-0.4, -0.2) is 25.1 Å². The highest BCUT2D eigenvalue weighted by molar-refractivity contribution is 6.00. The van der Waals surface area contributed by atoms with Crippen molar-refractivity contribution in [2.45, 2.75) is 20.8 Å². The van der Waals surface area contributed by atoms with Crippen LogP contribution in [0.5, 0.6) is 5.75 Å². The molecule has 0 aliphatic rings. The SMILES string of the molecule is CCOc1ccc(/C=C(\C#N)C(=O)OCC(=O)Nc2c(C)cccc2C)cc1. The average molecular weight is 378 g/mol. The van der Waals surface area contributed by atoms with Crippen LogP contribution in [0.1, 0.15) is 23.6 Å². The predicted octanol–water partition coefficient (Wildman–Crippen LogP) is 3.79. The van der Waals surface area contributed by atoms with Crippen molar-refractivity contribution in [3.05, 3.63) is 64.7 Å². The fourth-order valence-corrected chi connectivity index (χ4v) is 2.53. The Morgan fingerprint density at radius 2 is 1.75 bits per heavy atom. The van der Waals surface area contributed by atoms with Crippen molar-refractivity contribution in [2.24, 2.45) is 0 Å². The van der Waals surface area contributed by atoms with E-state index in [0.29, 0.717) is 23.6 Å². The van der Waals surface area contributed by atoms with E-state index in [0.717, 1.165) is 11.1 Å². The number of nitriles is 1. The number of para-hydroxylation sites is 1. The number of esters is 1. The Hall–Kier alpha value is -3.59. The molecule has 0 heterocycles. The zero-order valence-corrected chi connectivity index (χ0v) is 16.1. The predicted molar refractivity (Wildman–Crippen MR) is 107 cm³/mol. The largest absolute Gasteiger partial charge is 0.494 e. The lowest BCUT2D eigenvalue weighted by Gasteiger charge is -2.11. The van der Waals surface area contributed by atoms with Crippen LogP contribution in [0.3, 0.4) is 0 Å². The minimum absolute atomic E-state index is 0.191. The average Bonchev–Trinajstić information content (AvgIpc) is 2.68. The number of nitrogens with zero attached hydrogens (tertiary/aromatic N) is 1. The number of nitrogens with one attached hydrogen (secondary N) is 1. The maximum absolute atomic E-state index is 12.1. The van der Waals surface area contributed by atoms with E-state index in [1.54, 1.807) is 30.3 Å². The van der Waals surface area contributed by atoms with Gasteiger partial charge >= 0.3 is 5.97 Å². The molecule has 0 unspecified atom stereocenters. The Bertz CT molecular complexity index is 904. The fourth-order valence-electron chi connectivity index (χ4n) is 2.53. The van der Waals surface area contributed by atoms with Gasteiger partial charge in [0.15, 0.2) is 6.61 Å². The molecular weight excluding hydrogens is 356 g/mol. The Morgan fingerprint density at radius 3 is 2.32 bits per heavy atom. The number of carbonyl (C=O) groups is 2. The van der Waals surface area contributed by atoms with Gasteiger partial charge in [-0.15, -0.1) is 0 Å². The number of hydrogen-bond acceptors (Lipinski definition) is 5. The van der Waals surface area contributed by atoms with Gasteiger partial charge in [-0.25, -0.2) is 4.79 Å². The molecule has 0 aromatic heterocycles. The summed E-state index contributed by atoms with van der Waals surface area (Å²) in [5.74, 6) is -0.624. The smallest absolute Gasteiger partial charge is 0.349 e. The molecule has 2 aromatic carbocycles. The zero-order chi connectivity index (χ0) is 20.5. The van der Waals surface area contributed by atoms with Gasteiger partial charge < -0.3 is 14.8 Å². The Kier molecular flexibility index (Phi) is 7.35.